The third-order valence-corrected chi connectivity index (χ3v) is 5.06. The Bertz CT molecular complexity index is 552. The van der Waals surface area contributed by atoms with Gasteiger partial charge in [0, 0.05) is 12.4 Å². The minimum absolute atomic E-state index is 0.0125. The highest BCUT2D eigenvalue weighted by molar-refractivity contribution is 7.74. The molecule has 0 bridgehead atoms. The summed E-state index contributed by atoms with van der Waals surface area (Å²) < 4.78 is 18.0. The topological polar surface area (TPSA) is 46.5 Å². The van der Waals surface area contributed by atoms with Crippen LogP contribution in [0, 0.1) is 0 Å². The monoisotopic (exact) mass is 248 g/mol. The first-order chi connectivity index (χ1) is 8.18. The molecule has 2 aromatic carbocycles. The number of benzene rings is 2. The SMILES string of the molecule is COP(=O)(c1ccccc1)c1ccccc1O. The highest BCUT2D eigenvalue weighted by Crippen LogP contribution is 2.45. The molecule has 3 nitrogen and oxygen atoms in total. The van der Waals surface area contributed by atoms with Crippen LogP contribution in [0.4, 0.5) is 0 Å². The van der Waals surface area contributed by atoms with Crippen LogP contribution in [0.1, 0.15) is 0 Å². The molecule has 1 unspecified atom stereocenters. The lowest BCUT2D eigenvalue weighted by atomic mass is 10.3. The summed E-state index contributed by atoms with van der Waals surface area (Å²) in [5.74, 6) is -0.0125. The largest absolute Gasteiger partial charge is 0.507 e. The van der Waals surface area contributed by atoms with Gasteiger partial charge in [0.05, 0.1) is 5.30 Å². The standard InChI is InChI=1S/C13H13O3P/c1-16-17(15,11-7-3-2-4-8-11)13-10-6-5-9-12(13)14/h2-10,14H,1H3. The van der Waals surface area contributed by atoms with Gasteiger partial charge in [0.15, 0.2) is 0 Å². The van der Waals surface area contributed by atoms with Crippen LogP contribution in [0.2, 0.25) is 0 Å². The van der Waals surface area contributed by atoms with Crippen LogP contribution in [0.15, 0.2) is 54.6 Å². The molecule has 0 aliphatic heterocycles. The Morgan fingerprint density at radius 3 is 2.18 bits per heavy atom. The molecule has 0 saturated heterocycles. The van der Waals surface area contributed by atoms with Crippen molar-refractivity contribution >= 4 is 18.0 Å². The van der Waals surface area contributed by atoms with Crippen molar-refractivity contribution in [2.24, 2.45) is 0 Å². The van der Waals surface area contributed by atoms with Crippen LogP contribution >= 0.6 is 7.37 Å². The molecule has 2 aromatic rings. The second kappa shape index (κ2) is 4.74. The lowest BCUT2D eigenvalue weighted by Crippen LogP contribution is -2.17. The Morgan fingerprint density at radius 2 is 1.59 bits per heavy atom. The van der Waals surface area contributed by atoms with Gasteiger partial charge in [-0.15, -0.1) is 0 Å². The van der Waals surface area contributed by atoms with E-state index < -0.39 is 7.37 Å². The summed E-state index contributed by atoms with van der Waals surface area (Å²) in [4.78, 5) is 0. The molecule has 0 aliphatic carbocycles. The van der Waals surface area contributed by atoms with Crippen molar-refractivity contribution in [2.75, 3.05) is 7.11 Å². The van der Waals surface area contributed by atoms with Crippen LogP contribution in [-0.2, 0) is 9.09 Å². The van der Waals surface area contributed by atoms with Crippen LogP contribution in [0.5, 0.6) is 5.75 Å². The molecule has 0 amide bonds. The van der Waals surface area contributed by atoms with E-state index in [1.54, 1.807) is 42.5 Å². The molecule has 1 atom stereocenters. The number of phenols is 1. The van der Waals surface area contributed by atoms with E-state index in [1.165, 1.54) is 13.2 Å². The Kier molecular flexibility index (Phi) is 3.32. The number of rotatable bonds is 3. The lowest BCUT2D eigenvalue weighted by Gasteiger charge is -2.17. The van der Waals surface area contributed by atoms with Gasteiger partial charge < -0.3 is 9.63 Å². The van der Waals surface area contributed by atoms with Crippen molar-refractivity contribution in [3.05, 3.63) is 54.6 Å². The van der Waals surface area contributed by atoms with Gasteiger partial charge >= 0.3 is 0 Å². The summed E-state index contributed by atoms with van der Waals surface area (Å²) in [6.45, 7) is 0. The average Bonchev–Trinajstić information content (AvgIpc) is 2.39. The third-order valence-electron chi connectivity index (χ3n) is 2.55. The summed E-state index contributed by atoms with van der Waals surface area (Å²) in [7, 11) is -1.80. The van der Waals surface area contributed by atoms with Crippen LogP contribution < -0.4 is 10.6 Å². The Hall–Kier alpha value is -1.57. The minimum Gasteiger partial charge on any atom is -0.507 e. The van der Waals surface area contributed by atoms with Gasteiger partial charge in [0.1, 0.15) is 5.75 Å². The first-order valence-electron chi connectivity index (χ1n) is 5.18. The smallest absolute Gasteiger partial charge is 0.264 e. The fourth-order valence-electron chi connectivity index (χ4n) is 1.68. The maximum atomic E-state index is 12.8. The Balaban J connectivity index is 2.61. The van der Waals surface area contributed by atoms with Crippen molar-refractivity contribution in [3.63, 3.8) is 0 Å². The van der Waals surface area contributed by atoms with E-state index in [2.05, 4.69) is 0 Å². The van der Waals surface area contributed by atoms with Crippen molar-refractivity contribution < 1.29 is 14.2 Å². The summed E-state index contributed by atoms with van der Waals surface area (Å²) in [5, 5.41) is 10.7. The fourth-order valence-corrected chi connectivity index (χ4v) is 3.59. The molecule has 17 heavy (non-hydrogen) atoms. The lowest BCUT2D eigenvalue weighted by molar-refractivity contribution is 0.409. The van der Waals surface area contributed by atoms with E-state index in [0.717, 1.165) is 0 Å². The molecule has 0 spiro atoms. The Labute approximate surface area is 100 Å². The molecule has 0 heterocycles. The van der Waals surface area contributed by atoms with Crippen molar-refractivity contribution in [1.29, 1.82) is 0 Å². The molecule has 2 rings (SSSR count). The minimum atomic E-state index is -3.19. The first-order valence-corrected chi connectivity index (χ1v) is 6.81. The summed E-state index contributed by atoms with van der Waals surface area (Å²) in [5.41, 5.74) is 0. The highest BCUT2D eigenvalue weighted by Gasteiger charge is 2.29. The molecule has 0 radical (unpaired) electrons. The van der Waals surface area contributed by atoms with E-state index in [-0.39, 0.29) is 5.75 Å². The van der Waals surface area contributed by atoms with Crippen LogP contribution in [0.3, 0.4) is 0 Å². The van der Waals surface area contributed by atoms with Gasteiger partial charge in [-0.2, -0.15) is 0 Å². The highest BCUT2D eigenvalue weighted by atomic mass is 31.2. The van der Waals surface area contributed by atoms with Gasteiger partial charge in [-0.1, -0.05) is 30.3 Å². The van der Waals surface area contributed by atoms with E-state index in [0.29, 0.717) is 10.6 Å². The predicted octanol–water partition coefficient (Wildman–Crippen LogP) is 2.27. The quantitative estimate of drug-likeness (QED) is 0.847. The second-order valence-corrected chi connectivity index (χ2v) is 6.02. The first kappa shape index (κ1) is 11.9. The third kappa shape index (κ3) is 2.12. The molecule has 0 aliphatic rings. The van der Waals surface area contributed by atoms with Gasteiger partial charge in [-0.3, -0.25) is 4.57 Å². The molecule has 1 N–H and O–H groups in total. The van der Waals surface area contributed by atoms with E-state index in [1.807, 2.05) is 6.07 Å². The number of hydrogen-bond donors (Lipinski definition) is 1. The molecule has 0 aromatic heterocycles. The molecule has 0 fully saturated rings. The van der Waals surface area contributed by atoms with Crippen molar-refractivity contribution in [1.82, 2.24) is 0 Å². The zero-order valence-corrected chi connectivity index (χ0v) is 10.3. The molecular formula is C13H13O3P. The van der Waals surface area contributed by atoms with Gasteiger partial charge in [0.2, 0.25) is 0 Å². The zero-order chi connectivity index (χ0) is 12.3. The van der Waals surface area contributed by atoms with Gasteiger partial charge in [-0.25, -0.2) is 0 Å². The second-order valence-electron chi connectivity index (χ2n) is 3.56. The van der Waals surface area contributed by atoms with E-state index >= 15 is 0 Å². The van der Waals surface area contributed by atoms with Crippen LogP contribution in [-0.4, -0.2) is 12.2 Å². The van der Waals surface area contributed by atoms with Crippen LogP contribution in [0.25, 0.3) is 0 Å². The maximum absolute atomic E-state index is 12.8. The van der Waals surface area contributed by atoms with E-state index in [4.69, 9.17) is 4.52 Å². The number of phenolic OH excluding ortho intramolecular Hbond substituents is 1. The van der Waals surface area contributed by atoms with Crippen molar-refractivity contribution in [3.8, 4) is 5.75 Å². The molecule has 0 saturated carbocycles. The zero-order valence-electron chi connectivity index (χ0n) is 9.41. The predicted molar refractivity (Wildman–Crippen MR) is 68.4 cm³/mol. The molecular weight excluding hydrogens is 235 g/mol. The fraction of sp³-hybridized carbons (Fsp3) is 0.0769. The van der Waals surface area contributed by atoms with E-state index in [9.17, 15) is 9.67 Å². The number of para-hydroxylation sites is 1. The summed E-state index contributed by atoms with van der Waals surface area (Å²) in [6.07, 6.45) is 0. The van der Waals surface area contributed by atoms with Crippen molar-refractivity contribution in [2.45, 2.75) is 0 Å². The number of aromatic hydroxyl groups is 1. The number of hydrogen-bond acceptors (Lipinski definition) is 3. The average molecular weight is 248 g/mol. The normalized spacial score (nSPS) is 14.2. The summed E-state index contributed by atoms with van der Waals surface area (Å²) in [6, 6.07) is 15.4. The Morgan fingerprint density at radius 1 is 1.00 bits per heavy atom. The molecule has 4 heteroatoms. The van der Waals surface area contributed by atoms with Gasteiger partial charge in [0.25, 0.3) is 7.37 Å². The molecule has 88 valence electrons. The maximum Gasteiger partial charge on any atom is 0.264 e. The van der Waals surface area contributed by atoms with Gasteiger partial charge in [-0.05, 0) is 24.3 Å². The summed E-state index contributed by atoms with van der Waals surface area (Å²) >= 11 is 0.